The van der Waals surface area contributed by atoms with Crippen molar-refractivity contribution in [2.75, 3.05) is 59.7 Å². The zero-order valence-electron chi connectivity index (χ0n) is 18.7. The average molecular weight is 459 g/mol. The summed E-state index contributed by atoms with van der Waals surface area (Å²) in [5, 5.41) is 0. The molecule has 0 unspecified atom stereocenters. The Morgan fingerprint density at radius 2 is 1.84 bits per heavy atom. The van der Waals surface area contributed by atoms with Crippen LogP contribution >= 0.6 is 0 Å². The maximum absolute atomic E-state index is 12.6. The summed E-state index contributed by atoms with van der Waals surface area (Å²) in [5.41, 5.74) is 0.829. The fraction of sp³-hybridized carbons (Fsp3) is 0.696. The molecule has 180 valence electrons. The second-order valence-electron chi connectivity index (χ2n) is 8.46. The Bertz CT molecular complexity index is 730. The van der Waals surface area contributed by atoms with Crippen molar-refractivity contribution >= 4 is 5.91 Å². The van der Waals surface area contributed by atoms with E-state index >= 15 is 0 Å². The molecule has 0 aromatic heterocycles. The number of ether oxygens (including phenoxy) is 3. The van der Waals surface area contributed by atoms with Crippen molar-refractivity contribution in [1.29, 1.82) is 0 Å². The number of carbonyl (C=O) groups excluding carboxylic acids is 1. The Labute approximate surface area is 187 Å². The lowest BCUT2D eigenvalue weighted by Gasteiger charge is -2.34. The lowest BCUT2D eigenvalue weighted by molar-refractivity contribution is -0.153. The predicted octanol–water partition coefficient (Wildman–Crippen LogP) is 3.53. The summed E-state index contributed by atoms with van der Waals surface area (Å²) in [7, 11) is 1.38. The molecule has 0 saturated carbocycles. The van der Waals surface area contributed by atoms with Crippen LogP contribution in [0.4, 0.5) is 13.2 Å². The molecule has 3 rings (SSSR count). The maximum Gasteiger partial charge on any atom is 0.422 e. The molecule has 2 saturated heterocycles. The molecule has 32 heavy (non-hydrogen) atoms. The number of amides is 1. The van der Waals surface area contributed by atoms with Crippen molar-refractivity contribution in [1.82, 2.24) is 9.80 Å². The molecule has 0 radical (unpaired) electrons. The Hall–Kier alpha value is -2.00. The maximum atomic E-state index is 12.6. The number of likely N-dealkylation sites (tertiary alicyclic amines) is 1. The van der Waals surface area contributed by atoms with Crippen molar-refractivity contribution in [3.63, 3.8) is 0 Å². The van der Waals surface area contributed by atoms with E-state index in [4.69, 9.17) is 14.2 Å². The lowest BCUT2D eigenvalue weighted by Crippen LogP contribution is -2.40. The van der Waals surface area contributed by atoms with Crippen LogP contribution in [-0.4, -0.2) is 81.5 Å². The number of hydrogen-bond acceptors (Lipinski definition) is 5. The van der Waals surface area contributed by atoms with Gasteiger partial charge in [-0.25, -0.2) is 0 Å². The molecule has 6 nitrogen and oxygen atoms in total. The van der Waals surface area contributed by atoms with E-state index in [0.717, 1.165) is 64.3 Å². The molecule has 2 heterocycles. The summed E-state index contributed by atoms with van der Waals surface area (Å²) < 4.78 is 52.5. The highest BCUT2D eigenvalue weighted by Crippen LogP contribution is 2.30. The quantitative estimate of drug-likeness (QED) is 0.567. The number of nitrogens with zero attached hydrogens (tertiary/aromatic N) is 2. The molecule has 2 fully saturated rings. The van der Waals surface area contributed by atoms with E-state index in [1.807, 2.05) is 4.90 Å². The van der Waals surface area contributed by atoms with Crippen LogP contribution in [0.2, 0.25) is 0 Å². The van der Waals surface area contributed by atoms with Gasteiger partial charge in [0, 0.05) is 32.6 Å². The molecule has 9 heteroatoms. The zero-order chi connectivity index (χ0) is 23.0. The Kier molecular flexibility index (Phi) is 9.04. The van der Waals surface area contributed by atoms with E-state index < -0.39 is 12.8 Å². The Morgan fingerprint density at radius 1 is 1.12 bits per heavy atom. The molecule has 0 aliphatic carbocycles. The van der Waals surface area contributed by atoms with E-state index in [-0.39, 0.29) is 17.4 Å². The first kappa shape index (κ1) is 24.6. The molecular weight excluding hydrogens is 425 g/mol. The van der Waals surface area contributed by atoms with Crippen molar-refractivity contribution < 1.29 is 32.2 Å². The fourth-order valence-corrected chi connectivity index (χ4v) is 4.22. The van der Waals surface area contributed by atoms with Gasteiger partial charge >= 0.3 is 6.18 Å². The monoisotopic (exact) mass is 458 g/mol. The van der Waals surface area contributed by atoms with Crippen LogP contribution in [0.5, 0.6) is 11.5 Å². The van der Waals surface area contributed by atoms with Crippen LogP contribution in [0.1, 0.15) is 31.2 Å². The summed E-state index contributed by atoms with van der Waals surface area (Å²) in [6, 6.07) is 4.78. The number of benzene rings is 1. The summed E-state index contributed by atoms with van der Waals surface area (Å²) >= 11 is 0. The first-order valence-electron chi connectivity index (χ1n) is 11.3. The lowest BCUT2D eigenvalue weighted by atomic mass is 9.93. The van der Waals surface area contributed by atoms with E-state index in [2.05, 4.69) is 4.90 Å². The predicted molar refractivity (Wildman–Crippen MR) is 114 cm³/mol. The van der Waals surface area contributed by atoms with Gasteiger partial charge in [0.05, 0.1) is 20.3 Å². The second kappa shape index (κ2) is 11.7. The number of carbonyl (C=O) groups is 1. The molecular formula is C23H33F3N2O4. The van der Waals surface area contributed by atoms with Gasteiger partial charge < -0.3 is 19.1 Å². The number of halogens is 3. The summed E-state index contributed by atoms with van der Waals surface area (Å²) in [6.45, 7) is 4.98. The highest BCUT2D eigenvalue weighted by Gasteiger charge is 2.29. The van der Waals surface area contributed by atoms with Gasteiger partial charge in [0.2, 0.25) is 5.91 Å². The van der Waals surface area contributed by atoms with Gasteiger partial charge in [0.15, 0.2) is 18.1 Å². The molecule has 0 N–H and O–H groups in total. The van der Waals surface area contributed by atoms with Crippen molar-refractivity contribution in [3.8, 4) is 11.5 Å². The molecule has 0 spiro atoms. The van der Waals surface area contributed by atoms with Gasteiger partial charge in [-0.2, -0.15) is 13.2 Å². The molecule has 1 aromatic rings. The fourth-order valence-electron chi connectivity index (χ4n) is 4.22. The largest absolute Gasteiger partial charge is 0.493 e. The minimum atomic E-state index is -4.41. The molecule has 1 amide bonds. The van der Waals surface area contributed by atoms with Crippen LogP contribution in [0.3, 0.4) is 0 Å². The summed E-state index contributed by atoms with van der Waals surface area (Å²) in [5.74, 6) is 1.06. The van der Waals surface area contributed by atoms with E-state index in [0.29, 0.717) is 18.8 Å². The summed E-state index contributed by atoms with van der Waals surface area (Å²) in [6.07, 6.45) is -0.295. The van der Waals surface area contributed by atoms with Crippen LogP contribution in [-0.2, 0) is 16.0 Å². The molecule has 0 bridgehead atoms. The number of morpholine rings is 1. The van der Waals surface area contributed by atoms with Gasteiger partial charge in [0.1, 0.15) is 0 Å². The summed E-state index contributed by atoms with van der Waals surface area (Å²) in [4.78, 5) is 17.0. The number of aryl methyl sites for hydroxylation is 1. The number of methoxy groups -OCH3 is 1. The normalized spacial score (nSPS) is 18.6. The molecule has 0 atom stereocenters. The van der Waals surface area contributed by atoms with Crippen molar-refractivity contribution in [2.45, 2.75) is 38.3 Å². The third-order valence-electron chi connectivity index (χ3n) is 6.17. The van der Waals surface area contributed by atoms with Crippen molar-refractivity contribution in [3.05, 3.63) is 23.8 Å². The number of hydrogen-bond donors (Lipinski definition) is 0. The van der Waals surface area contributed by atoms with Crippen LogP contribution in [0, 0.1) is 5.92 Å². The number of alkyl halides is 3. The molecule has 2 aliphatic heterocycles. The van der Waals surface area contributed by atoms with Gasteiger partial charge in [-0.05, 0) is 55.8 Å². The van der Waals surface area contributed by atoms with E-state index in [1.165, 1.54) is 19.6 Å². The van der Waals surface area contributed by atoms with E-state index in [1.54, 1.807) is 12.1 Å². The van der Waals surface area contributed by atoms with Gasteiger partial charge in [0.25, 0.3) is 0 Å². The Morgan fingerprint density at radius 3 is 2.50 bits per heavy atom. The smallest absolute Gasteiger partial charge is 0.422 e. The molecule has 1 aromatic carbocycles. The van der Waals surface area contributed by atoms with Gasteiger partial charge in [-0.15, -0.1) is 0 Å². The number of piperidine rings is 1. The molecule has 2 aliphatic rings. The SMILES string of the molecule is COc1cc(CCC(=O)N2CCC(CCN3CCOCC3)CC2)ccc1OCC(F)(F)F. The third-order valence-corrected chi connectivity index (χ3v) is 6.17. The zero-order valence-corrected chi connectivity index (χ0v) is 18.7. The first-order valence-corrected chi connectivity index (χ1v) is 11.3. The van der Waals surface area contributed by atoms with Gasteiger partial charge in [-0.3, -0.25) is 9.69 Å². The van der Waals surface area contributed by atoms with Crippen LogP contribution in [0.15, 0.2) is 18.2 Å². The second-order valence-corrected chi connectivity index (χ2v) is 8.46. The average Bonchev–Trinajstić information content (AvgIpc) is 2.80. The van der Waals surface area contributed by atoms with E-state index in [9.17, 15) is 18.0 Å². The highest BCUT2D eigenvalue weighted by molar-refractivity contribution is 5.76. The van der Waals surface area contributed by atoms with Crippen molar-refractivity contribution in [2.24, 2.45) is 5.92 Å². The third kappa shape index (κ3) is 7.85. The first-order chi connectivity index (χ1) is 15.3. The Balaban J connectivity index is 1.39. The van der Waals surface area contributed by atoms with Gasteiger partial charge in [-0.1, -0.05) is 6.07 Å². The van der Waals surface area contributed by atoms with Crippen LogP contribution < -0.4 is 9.47 Å². The standard InChI is InChI=1S/C23H33F3N2O4/c1-30-21-16-19(2-4-20(21)32-17-23(24,25)26)3-5-22(29)28-10-7-18(8-11-28)6-9-27-12-14-31-15-13-27/h2,4,16,18H,3,5-15,17H2,1H3. The topological polar surface area (TPSA) is 51.2 Å². The minimum absolute atomic E-state index is 0.0408. The van der Waals surface area contributed by atoms with Crippen LogP contribution in [0.25, 0.3) is 0 Å². The number of rotatable bonds is 9. The minimum Gasteiger partial charge on any atom is -0.493 e. The highest BCUT2D eigenvalue weighted by atomic mass is 19.4.